The highest BCUT2D eigenvalue weighted by atomic mass is 32.1. The number of thiazole rings is 1. The number of hydrogen-bond donors (Lipinski definition) is 2. The van der Waals surface area contributed by atoms with Crippen LogP contribution in [0.1, 0.15) is 15.9 Å². The molecule has 2 aromatic heterocycles. The van der Waals surface area contributed by atoms with Crippen LogP contribution in [0.2, 0.25) is 0 Å². The van der Waals surface area contributed by atoms with Crippen LogP contribution in [0.25, 0.3) is 21.1 Å². The molecule has 4 aromatic rings. The smallest absolute Gasteiger partial charge is 0.270 e. The average Bonchev–Trinajstić information content (AvgIpc) is 3.16. The van der Waals surface area contributed by atoms with Crippen LogP contribution in [-0.2, 0) is 0 Å². The Balaban J connectivity index is 1.69. The molecule has 124 valence electrons. The lowest BCUT2D eigenvalue weighted by Gasteiger charge is -2.00. The Hall–Kier alpha value is -3.26. The van der Waals surface area contributed by atoms with Crippen molar-refractivity contribution in [1.29, 1.82) is 0 Å². The SMILES string of the molecule is Cc1ccc2nc(NC(=O)c3c[nH]c4ccc([N+](=O)[O-])cc34)sc2c1. The number of aryl methyl sites for hydroxylation is 1. The number of non-ortho nitro benzene ring substituents is 1. The van der Waals surface area contributed by atoms with Crippen LogP contribution in [0.3, 0.4) is 0 Å². The van der Waals surface area contributed by atoms with E-state index in [1.54, 1.807) is 12.3 Å². The number of carbonyl (C=O) groups is 1. The maximum absolute atomic E-state index is 12.6. The summed E-state index contributed by atoms with van der Waals surface area (Å²) in [5.41, 5.74) is 2.89. The van der Waals surface area contributed by atoms with Gasteiger partial charge in [-0.25, -0.2) is 4.98 Å². The van der Waals surface area contributed by atoms with Gasteiger partial charge in [0.2, 0.25) is 0 Å². The summed E-state index contributed by atoms with van der Waals surface area (Å²) < 4.78 is 0.991. The highest BCUT2D eigenvalue weighted by Crippen LogP contribution is 2.28. The number of nitrogens with zero attached hydrogens (tertiary/aromatic N) is 2. The molecule has 4 rings (SSSR count). The number of aromatic nitrogens is 2. The molecule has 8 heteroatoms. The third-order valence-electron chi connectivity index (χ3n) is 3.89. The summed E-state index contributed by atoms with van der Waals surface area (Å²) in [6.45, 7) is 2.00. The van der Waals surface area contributed by atoms with Crippen molar-refractivity contribution in [3.05, 3.63) is 63.8 Å². The Morgan fingerprint density at radius 3 is 2.92 bits per heavy atom. The zero-order valence-electron chi connectivity index (χ0n) is 13.1. The Kier molecular flexibility index (Phi) is 3.47. The first-order chi connectivity index (χ1) is 12.0. The third kappa shape index (κ3) is 2.72. The second kappa shape index (κ2) is 5.67. The Labute approximate surface area is 145 Å². The van der Waals surface area contributed by atoms with Gasteiger partial charge in [0.1, 0.15) is 0 Å². The monoisotopic (exact) mass is 352 g/mol. The minimum absolute atomic E-state index is 0.0587. The zero-order chi connectivity index (χ0) is 17.6. The molecule has 0 saturated heterocycles. The van der Waals surface area contributed by atoms with Gasteiger partial charge in [-0.1, -0.05) is 17.4 Å². The van der Waals surface area contributed by atoms with Crippen LogP contribution in [0.4, 0.5) is 10.8 Å². The van der Waals surface area contributed by atoms with Gasteiger partial charge < -0.3 is 4.98 Å². The van der Waals surface area contributed by atoms with Crippen molar-refractivity contribution in [3.63, 3.8) is 0 Å². The molecule has 0 fully saturated rings. The maximum atomic E-state index is 12.6. The van der Waals surface area contributed by atoms with E-state index in [0.717, 1.165) is 15.8 Å². The van der Waals surface area contributed by atoms with Gasteiger partial charge in [-0.05, 0) is 30.7 Å². The molecule has 0 saturated carbocycles. The molecule has 0 aliphatic rings. The lowest BCUT2D eigenvalue weighted by molar-refractivity contribution is -0.384. The fraction of sp³-hybridized carbons (Fsp3) is 0.0588. The highest BCUT2D eigenvalue weighted by Gasteiger charge is 2.17. The molecule has 2 aromatic carbocycles. The summed E-state index contributed by atoms with van der Waals surface area (Å²) in [6.07, 6.45) is 1.54. The number of benzene rings is 2. The minimum Gasteiger partial charge on any atom is -0.360 e. The van der Waals surface area contributed by atoms with Crippen molar-refractivity contribution in [2.24, 2.45) is 0 Å². The molecular weight excluding hydrogens is 340 g/mol. The van der Waals surface area contributed by atoms with Crippen molar-refractivity contribution in [2.45, 2.75) is 6.92 Å². The van der Waals surface area contributed by atoms with Crippen LogP contribution >= 0.6 is 11.3 Å². The van der Waals surface area contributed by atoms with E-state index in [4.69, 9.17) is 0 Å². The van der Waals surface area contributed by atoms with E-state index < -0.39 is 4.92 Å². The fourth-order valence-electron chi connectivity index (χ4n) is 2.66. The summed E-state index contributed by atoms with van der Waals surface area (Å²) in [6, 6.07) is 10.3. The standard InChI is InChI=1S/C17H12N4O3S/c1-9-2-4-14-15(6-9)25-17(19-14)20-16(22)12-8-18-13-5-3-10(21(23)24)7-11(12)13/h2-8,18H,1H3,(H,19,20,22). The second-order valence-electron chi connectivity index (χ2n) is 5.63. The van der Waals surface area contributed by atoms with Gasteiger partial charge in [0.25, 0.3) is 11.6 Å². The normalized spacial score (nSPS) is 11.1. The molecule has 0 atom stereocenters. The van der Waals surface area contributed by atoms with Crippen LogP contribution in [0.5, 0.6) is 0 Å². The molecule has 0 bridgehead atoms. The van der Waals surface area contributed by atoms with Gasteiger partial charge in [-0.3, -0.25) is 20.2 Å². The van der Waals surface area contributed by atoms with Crippen LogP contribution < -0.4 is 5.32 Å². The van der Waals surface area contributed by atoms with Crippen LogP contribution in [0, 0.1) is 17.0 Å². The van der Waals surface area contributed by atoms with E-state index in [9.17, 15) is 14.9 Å². The van der Waals surface area contributed by atoms with Gasteiger partial charge in [0, 0.05) is 29.2 Å². The number of nitro groups is 1. The summed E-state index contributed by atoms with van der Waals surface area (Å²) >= 11 is 1.39. The van der Waals surface area contributed by atoms with Gasteiger partial charge in [-0.15, -0.1) is 0 Å². The lowest BCUT2D eigenvalue weighted by Crippen LogP contribution is -2.11. The number of H-pyrrole nitrogens is 1. The summed E-state index contributed by atoms with van der Waals surface area (Å²) in [7, 11) is 0. The molecule has 0 radical (unpaired) electrons. The Morgan fingerprint density at radius 2 is 2.12 bits per heavy atom. The molecule has 7 nitrogen and oxygen atoms in total. The highest BCUT2D eigenvalue weighted by molar-refractivity contribution is 7.22. The number of fused-ring (bicyclic) bond motifs is 2. The Bertz CT molecular complexity index is 1150. The molecule has 0 aliphatic carbocycles. The number of carbonyl (C=O) groups excluding carboxylic acids is 1. The molecule has 0 unspecified atom stereocenters. The summed E-state index contributed by atoms with van der Waals surface area (Å²) in [4.78, 5) is 30.4. The molecule has 2 N–H and O–H groups in total. The maximum Gasteiger partial charge on any atom is 0.270 e. The van der Waals surface area contributed by atoms with Crippen molar-refractivity contribution < 1.29 is 9.72 Å². The van der Waals surface area contributed by atoms with Gasteiger partial charge in [0.05, 0.1) is 20.7 Å². The number of rotatable bonds is 3. The van der Waals surface area contributed by atoms with Crippen LogP contribution in [-0.4, -0.2) is 20.8 Å². The molecular formula is C17H12N4O3S. The number of amides is 1. The lowest BCUT2D eigenvalue weighted by atomic mass is 10.1. The zero-order valence-corrected chi connectivity index (χ0v) is 13.9. The van der Waals surface area contributed by atoms with Gasteiger partial charge >= 0.3 is 0 Å². The van der Waals surface area contributed by atoms with Gasteiger partial charge in [-0.2, -0.15) is 0 Å². The average molecular weight is 352 g/mol. The largest absolute Gasteiger partial charge is 0.360 e. The molecule has 25 heavy (non-hydrogen) atoms. The van der Waals surface area contributed by atoms with E-state index in [-0.39, 0.29) is 11.6 Å². The summed E-state index contributed by atoms with van der Waals surface area (Å²) in [5.74, 6) is -0.359. The number of nitro benzene ring substituents is 1. The number of aromatic amines is 1. The van der Waals surface area contributed by atoms with Crippen molar-refractivity contribution >= 4 is 49.2 Å². The quantitative estimate of drug-likeness (QED) is 0.425. The second-order valence-corrected chi connectivity index (χ2v) is 6.66. The van der Waals surface area contributed by atoms with Crippen molar-refractivity contribution in [3.8, 4) is 0 Å². The molecule has 2 heterocycles. The first-order valence-electron chi connectivity index (χ1n) is 7.45. The van der Waals surface area contributed by atoms with E-state index in [1.165, 1.54) is 23.5 Å². The summed E-state index contributed by atoms with van der Waals surface area (Å²) in [5, 5.41) is 14.7. The first kappa shape index (κ1) is 15.3. The van der Waals surface area contributed by atoms with E-state index in [0.29, 0.717) is 21.6 Å². The predicted octanol–water partition coefficient (Wildman–Crippen LogP) is 4.25. The number of anilines is 1. The molecule has 1 amide bonds. The van der Waals surface area contributed by atoms with Crippen LogP contribution in [0.15, 0.2) is 42.6 Å². The van der Waals surface area contributed by atoms with Crippen molar-refractivity contribution in [2.75, 3.05) is 5.32 Å². The van der Waals surface area contributed by atoms with E-state index in [1.807, 2.05) is 25.1 Å². The third-order valence-corrected chi connectivity index (χ3v) is 4.82. The first-order valence-corrected chi connectivity index (χ1v) is 8.27. The minimum atomic E-state index is -0.482. The number of nitrogens with one attached hydrogen (secondary N) is 2. The molecule has 0 spiro atoms. The number of hydrogen-bond acceptors (Lipinski definition) is 5. The fourth-order valence-corrected chi connectivity index (χ4v) is 3.62. The van der Waals surface area contributed by atoms with E-state index >= 15 is 0 Å². The van der Waals surface area contributed by atoms with E-state index in [2.05, 4.69) is 15.3 Å². The molecule has 0 aliphatic heterocycles. The Morgan fingerprint density at radius 1 is 1.28 bits per heavy atom. The predicted molar refractivity (Wildman–Crippen MR) is 97.3 cm³/mol. The van der Waals surface area contributed by atoms with Crippen molar-refractivity contribution in [1.82, 2.24) is 9.97 Å². The van der Waals surface area contributed by atoms with Gasteiger partial charge in [0.15, 0.2) is 5.13 Å². The topological polar surface area (TPSA) is 101 Å².